The molecular weight excluding hydrogens is 144 g/mol. The van der Waals surface area contributed by atoms with Gasteiger partial charge in [-0.15, -0.1) is 4.99 Å². The molecular formula is C7H8N2O2. The third-order valence-corrected chi connectivity index (χ3v) is 1.16. The van der Waals surface area contributed by atoms with Crippen molar-refractivity contribution in [1.82, 2.24) is 4.98 Å². The second-order valence-electron chi connectivity index (χ2n) is 2.40. The predicted octanol–water partition coefficient (Wildman–Crippen LogP) is 1.77. The summed E-state index contributed by atoms with van der Waals surface area (Å²) in [5.74, 6) is 1.08. The van der Waals surface area contributed by atoms with Crippen LogP contribution in [0.2, 0.25) is 0 Å². The number of aliphatic imine (C=N–C) groups is 1. The van der Waals surface area contributed by atoms with Crippen molar-refractivity contribution in [3.63, 3.8) is 0 Å². The number of oxazole rings is 1. The van der Waals surface area contributed by atoms with Crippen LogP contribution in [-0.2, 0) is 4.79 Å². The minimum atomic E-state index is 0.214. The monoisotopic (exact) mass is 152 g/mol. The van der Waals surface area contributed by atoms with Gasteiger partial charge in [-0.3, -0.25) is 0 Å². The molecule has 0 N–H and O–H groups in total. The fraction of sp³-hybridized carbons (Fsp3) is 0.429. The average Bonchev–Trinajstić information content (AvgIpc) is 2.37. The third kappa shape index (κ3) is 1.75. The topological polar surface area (TPSA) is 55.5 Å². The molecule has 0 bridgehead atoms. The van der Waals surface area contributed by atoms with E-state index in [1.807, 2.05) is 13.8 Å². The van der Waals surface area contributed by atoms with Crippen LogP contribution in [0.15, 0.2) is 15.7 Å². The zero-order valence-corrected chi connectivity index (χ0v) is 6.37. The van der Waals surface area contributed by atoms with Crippen molar-refractivity contribution in [2.75, 3.05) is 0 Å². The van der Waals surface area contributed by atoms with Gasteiger partial charge < -0.3 is 4.42 Å². The zero-order valence-electron chi connectivity index (χ0n) is 6.37. The molecule has 0 aliphatic rings. The Hall–Kier alpha value is -1.41. The van der Waals surface area contributed by atoms with Crippen LogP contribution in [0.5, 0.6) is 0 Å². The number of isocyanates is 1. The van der Waals surface area contributed by atoms with Gasteiger partial charge in [-0.1, -0.05) is 13.8 Å². The maximum atomic E-state index is 9.78. The third-order valence-electron chi connectivity index (χ3n) is 1.16. The molecule has 0 aliphatic carbocycles. The first kappa shape index (κ1) is 7.69. The highest BCUT2D eigenvalue weighted by Crippen LogP contribution is 2.17. The lowest BCUT2D eigenvalue weighted by Gasteiger charge is -1.92. The van der Waals surface area contributed by atoms with Crippen LogP contribution in [0, 0.1) is 0 Å². The number of aromatic nitrogens is 1. The van der Waals surface area contributed by atoms with Gasteiger partial charge in [0.2, 0.25) is 11.9 Å². The molecule has 0 spiro atoms. The quantitative estimate of drug-likeness (QED) is 0.479. The summed E-state index contributed by atoms with van der Waals surface area (Å²) in [5.41, 5.74) is 0. The molecule has 4 heteroatoms. The number of rotatable bonds is 2. The van der Waals surface area contributed by atoms with Crippen molar-refractivity contribution < 1.29 is 9.21 Å². The lowest BCUT2D eigenvalue weighted by atomic mass is 10.2. The van der Waals surface area contributed by atoms with Crippen molar-refractivity contribution in [2.45, 2.75) is 19.8 Å². The summed E-state index contributed by atoms with van der Waals surface area (Å²) in [6.45, 7) is 3.89. The van der Waals surface area contributed by atoms with Crippen LogP contribution in [0.4, 0.5) is 5.82 Å². The standard InChI is InChI=1S/C7H8N2O2/c1-5(2)7-9-6(3-11-7)8-4-10/h3,5H,1-2H3. The van der Waals surface area contributed by atoms with Crippen LogP contribution in [0.3, 0.4) is 0 Å². The fourth-order valence-electron chi connectivity index (χ4n) is 0.642. The first-order valence-electron chi connectivity index (χ1n) is 3.27. The molecule has 0 amide bonds. The second-order valence-corrected chi connectivity index (χ2v) is 2.40. The molecule has 0 aromatic carbocycles. The zero-order chi connectivity index (χ0) is 8.27. The molecule has 0 unspecified atom stereocenters. The first-order valence-corrected chi connectivity index (χ1v) is 3.27. The van der Waals surface area contributed by atoms with E-state index < -0.39 is 0 Å². The molecule has 4 nitrogen and oxygen atoms in total. The van der Waals surface area contributed by atoms with Crippen LogP contribution in [-0.4, -0.2) is 11.1 Å². The highest BCUT2D eigenvalue weighted by atomic mass is 16.3. The summed E-state index contributed by atoms with van der Waals surface area (Å²) in [4.78, 5) is 17.0. The van der Waals surface area contributed by atoms with Crippen molar-refractivity contribution in [3.8, 4) is 0 Å². The Bertz CT molecular complexity index is 284. The van der Waals surface area contributed by atoms with Gasteiger partial charge in [-0.2, -0.15) is 4.98 Å². The molecule has 1 aromatic rings. The highest BCUT2D eigenvalue weighted by Gasteiger charge is 2.05. The van der Waals surface area contributed by atoms with Gasteiger partial charge in [0.1, 0.15) is 6.26 Å². The van der Waals surface area contributed by atoms with Crippen molar-refractivity contribution in [2.24, 2.45) is 4.99 Å². The van der Waals surface area contributed by atoms with Gasteiger partial charge in [-0.25, -0.2) is 4.79 Å². The highest BCUT2D eigenvalue weighted by molar-refractivity contribution is 5.42. The van der Waals surface area contributed by atoms with Crippen molar-refractivity contribution in [3.05, 3.63) is 12.2 Å². The Labute approximate surface area is 64.0 Å². The minimum Gasteiger partial charge on any atom is -0.446 e. The van der Waals surface area contributed by atoms with Gasteiger partial charge in [0.15, 0.2) is 5.89 Å². The molecule has 0 aliphatic heterocycles. The van der Waals surface area contributed by atoms with E-state index in [1.54, 1.807) is 0 Å². The van der Waals surface area contributed by atoms with E-state index in [1.165, 1.54) is 12.3 Å². The summed E-state index contributed by atoms with van der Waals surface area (Å²) in [5, 5.41) is 0. The van der Waals surface area contributed by atoms with E-state index >= 15 is 0 Å². The van der Waals surface area contributed by atoms with Gasteiger partial charge in [0, 0.05) is 5.92 Å². The van der Waals surface area contributed by atoms with E-state index in [0.29, 0.717) is 5.89 Å². The average molecular weight is 152 g/mol. The molecule has 0 radical (unpaired) electrons. The van der Waals surface area contributed by atoms with E-state index in [0.717, 1.165) is 0 Å². The summed E-state index contributed by atoms with van der Waals surface area (Å²) >= 11 is 0. The molecule has 0 saturated carbocycles. The van der Waals surface area contributed by atoms with E-state index in [2.05, 4.69) is 9.98 Å². The largest absolute Gasteiger partial charge is 0.446 e. The lowest BCUT2D eigenvalue weighted by molar-refractivity contribution is 0.471. The minimum absolute atomic E-state index is 0.214. The number of carbonyl (C=O) groups excluding carboxylic acids is 1. The smallest absolute Gasteiger partial charge is 0.242 e. The number of hydrogen-bond donors (Lipinski definition) is 0. The normalized spacial score (nSPS) is 9.73. The Kier molecular flexibility index (Phi) is 2.18. The molecule has 11 heavy (non-hydrogen) atoms. The first-order chi connectivity index (χ1) is 5.24. The summed E-state index contributed by atoms with van der Waals surface area (Å²) in [6.07, 6.45) is 2.72. The van der Waals surface area contributed by atoms with Crippen molar-refractivity contribution in [1.29, 1.82) is 0 Å². The van der Waals surface area contributed by atoms with Crippen molar-refractivity contribution >= 4 is 11.9 Å². The summed E-state index contributed by atoms with van der Waals surface area (Å²) in [6, 6.07) is 0. The molecule has 58 valence electrons. The van der Waals surface area contributed by atoms with Crippen LogP contribution in [0.25, 0.3) is 0 Å². The Morgan fingerprint density at radius 3 is 2.91 bits per heavy atom. The maximum absolute atomic E-state index is 9.78. The van der Waals surface area contributed by atoms with Crippen LogP contribution >= 0.6 is 0 Å². The molecule has 0 saturated heterocycles. The van der Waals surface area contributed by atoms with Gasteiger partial charge in [0.25, 0.3) is 0 Å². The number of hydrogen-bond acceptors (Lipinski definition) is 4. The van der Waals surface area contributed by atoms with Gasteiger partial charge in [-0.05, 0) is 0 Å². The van der Waals surface area contributed by atoms with E-state index in [9.17, 15) is 4.79 Å². The molecule has 0 fully saturated rings. The Morgan fingerprint density at radius 1 is 1.73 bits per heavy atom. The Balaban J connectivity index is 2.90. The summed E-state index contributed by atoms with van der Waals surface area (Å²) < 4.78 is 4.99. The number of nitrogens with zero attached hydrogens (tertiary/aromatic N) is 2. The lowest BCUT2D eigenvalue weighted by Crippen LogP contribution is -1.84. The molecule has 1 heterocycles. The van der Waals surface area contributed by atoms with Crippen LogP contribution < -0.4 is 0 Å². The molecule has 1 aromatic heterocycles. The SMILES string of the molecule is CC(C)c1nc(N=C=O)co1. The Morgan fingerprint density at radius 2 is 2.45 bits per heavy atom. The maximum Gasteiger partial charge on any atom is 0.242 e. The van der Waals surface area contributed by atoms with Gasteiger partial charge in [0.05, 0.1) is 0 Å². The second kappa shape index (κ2) is 3.12. The van der Waals surface area contributed by atoms with Gasteiger partial charge >= 0.3 is 0 Å². The van der Waals surface area contributed by atoms with E-state index in [4.69, 9.17) is 4.42 Å². The van der Waals surface area contributed by atoms with E-state index in [-0.39, 0.29) is 11.7 Å². The van der Waals surface area contributed by atoms with Crippen LogP contribution in [0.1, 0.15) is 25.7 Å². The molecule has 0 atom stereocenters. The summed E-state index contributed by atoms with van der Waals surface area (Å²) in [7, 11) is 0. The predicted molar refractivity (Wildman–Crippen MR) is 38.4 cm³/mol. The fourth-order valence-corrected chi connectivity index (χ4v) is 0.642. The molecule has 1 rings (SSSR count).